The zero-order chi connectivity index (χ0) is 23.4. The van der Waals surface area contributed by atoms with Crippen LogP contribution < -0.4 is 14.2 Å². The maximum Gasteiger partial charge on any atom is 0.261 e. The molecule has 1 amide bonds. The Morgan fingerprint density at radius 2 is 1.70 bits per heavy atom. The van der Waals surface area contributed by atoms with Crippen LogP contribution in [0.1, 0.15) is 21.5 Å². The zero-order valence-corrected chi connectivity index (χ0v) is 19.1. The van der Waals surface area contributed by atoms with Crippen molar-refractivity contribution in [2.75, 3.05) is 25.5 Å². The highest BCUT2D eigenvalue weighted by atomic mass is 32.2. The standard InChI is InChI=1S/C25H24N2O5S/c1-31-23-14-11-20(16-24(23)32-2)26-33(29,30)21-12-9-18(10-13-21)6-5-15-27-17-19-7-3-4-8-22(19)25(27)28/h3-14,16,26H,15,17H2,1-2H3. The maximum absolute atomic E-state index is 12.8. The van der Waals surface area contributed by atoms with E-state index in [0.717, 1.165) is 16.7 Å². The molecule has 0 atom stereocenters. The number of ether oxygens (including phenoxy) is 2. The van der Waals surface area contributed by atoms with Crippen molar-refractivity contribution in [2.24, 2.45) is 0 Å². The van der Waals surface area contributed by atoms with Gasteiger partial charge in [0.1, 0.15) is 0 Å². The first kappa shape index (κ1) is 22.4. The molecule has 4 rings (SSSR count). The van der Waals surface area contributed by atoms with Gasteiger partial charge in [0.2, 0.25) is 0 Å². The highest BCUT2D eigenvalue weighted by Gasteiger charge is 2.25. The number of carbonyl (C=O) groups excluding carboxylic acids is 1. The van der Waals surface area contributed by atoms with Gasteiger partial charge in [-0.05, 0) is 41.5 Å². The molecule has 0 radical (unpaired) electrons. The summed E-state index contributed by atoms with van der Waals surface area (Å²) >= 11 is 0. The molecule has 170 valence electrons. The number of methoxy groups -OCH3 is 2. The molecule has 0 fully saturated rings. The van der Waals surface area contributed by atoms with E-state index >= 15 is 0 Å². The monoisotopic (exact) mass is 464 g/mol. The Hall–Kier alpha value is -3.78. The van der Waals surface area contributed by atoms with E-state index < -0.39 is 10.0 Å². The fourth-order valence-corrected chi connectivity index (χ4v) is 4.70. The van der Waals surface area contributed by atoms with Crippen LogP contribution in [0.4, 0.5) is 5.69 Å². The van der Waals surface area contributed by atoms with Crippen LogP contribution in [0.2, 0.25) is 0 Å². The van der Waals surface area contributed by atoms with Gasteiger partial charge in [0.15, 0.2) is 11.5 Å². The molecule has 8 heteroatoms. The summed E-state index contributed by atoms with van der Waals surface area (Å²) in [5.41, 5.74) is 2.99. The number of amides is 1. The van der Waals surface area contributed by atoms with E-state index in [9.17, 15) is 13.2 Å². The van der Waals surface area contributed by atoms with E-state index in [4.69, 9.17) is 9.47 Å². The Morgan fingerprint density at radius 3 is 2.39 bits per heavy atom. The van der Waals surface area contributed by atoms with Crippen molar-refractivity contribution in [3.63, 3.8) is 0 Å². The third kappa shape index (κ3) is 4.85. The third-order valence-corrected chi connectivity index (χ3v) is 6.76. The van der Waals surface area contributed by atoms with E-state index in [1.165, 1.54) is 14.2 Å². The largest absolute Gasteiger partial charge is 0.493 e. The summed E-state index contributed by atoms with van der Waals surface area (Å²) in [5, 5.41) is 0. The van der Waals surface area contributed by atoms with Crippen molar-refractivity contribution in [1.82, 2.24) is 4.90 Å². The normalized spacial score (nSPS) is 13.3. The maximum atomic E-state index is 12.8. The first-order valence-electron chi connectivity index (χ1n) is 10.3. The van der Waals surface area contributed by atoms with E-state index in [1.807, 2.05) is 36.4 Å². The van der Waals surface area contributed by atoms with Crippen molar-refractivity contribution >= 4 is 27.7 Å². The molecule has 3 aromatic rings. The summed E-state index contributed by atoms with van der Waals surface area (Å²) in [6.45, 7) is 1.08. The molecular weight excluding hydrogens is 440 g/mol. The Morgan fingerprint density at radius 1 is 0.970 bits per heavy atom. The van der Waals surface area contributed by atoms with Gasteiger partial charge < -0.3 is 14.4 Å². The first-order chi connectivity index (χ1) is 15.9. The molecule has 0 aliphatic carbocycles. The molecular formula is C25H24N2O5S. The van der Waals surface area contributed by atoms with Gasteiger partial charge in [0.05, 0.1) is 24.8 Å². The lowest BCUT2D eigenvalue weighted by atomic mass is 10.1. The average molecular weight is 465 g/mol. The van der Waals surface area contributed by atoms with Crippen LogP contribution in [0.3, 0.4) is 0 Å². The number of anilines is 1. The van der Waals surface area contributed by atoms with Crippen LogP contribution >= 0.6 is 0 Å². The van der Waals surface area contributed by atoms with Gasteiger partial charge in [-0.2, -0.15) is 0 Å². The predicted octanol–water partition coefficient (Wildman–Crippen LogP) is 4.17. The van der Waals surface area contributed by atoms with Gasteiger partial charge >= 0.3 is 0 Å². The van der Waals surface area contributed by atoms with Crippen LogP contribution in [0, 0.1) is 0 Å². The predicted molar refractivity (Wildman–Crippen MR) is 127 cm³/mol. The van der Waals surface area contributed by atoms with Gasteiger partial charge in [0, 0.05) is 24.7 Å². The summed E-state index contributed by atoms with van der Waals surface area (Å²) in [6.07, 6.45) is 3.77. The van der Waals surface area contributed by atoms with Gasteiger partial charge in [-0.3, -0.25) is 9.52 Å². The topological polar surface area (TPSA) is 84.9 Å². The Kier molecular flexibility index (Phi) is 6.37. The number of nitrogens with one attached hydrogen (secondary N) is 1. The smallest absolute Gasteiger partial charge is 0.261 e. The van der Waals surface area contributed by atoms with Gasteiger partial charge in [0.25, 0.3) is 15.9 Å². The average Bonchev–Trinajstić information content (AvgIpc) is 3.14. The van der Waals surface area contributed by atoms with Crippen molar-refractivity contribution in [3.05, 3.63) is 89.5 Å². The molecule has 33 heavy (non-hydrogen) atoms. The van der Waals surface area contributed by atoms with Gasteiger partial charge in [-0.25, -0.2) is 8.42 Å². The summed E-state index contributed by atoms with van der Waals surface area (Å²) in [5.74, 6) is 0.965. The summed E-state index contributed by atoms with van der Waals surface area (Å²) in [7, 11) is -0.769. The van der Waals surface area contributed by atoms with Gasteiger partial charge in [-0.1, -0.05) is 42.5 Å². The molecule has 0 bridgehead atoms. The lowest BCUT2D eigenvalue weighted by molar-refractivity contribution is 0.0796. The molecule has 1 aliphatic rings. The van der Waals surface area contributed by atoms with Crippen molar-refractivity contribution in [1.29, 1.82) is 0 Å². The molecule has 3 aromatic carbocycles. The Balaban J connectivity index is 1.40. The molecule has 0 unspecified atom stereocenters. The Bertz CT molecular complexity index is 1300. The van der Waals surface area contributed by atoms with Gasteiger partial charge in [-0.15, -0.1) is 0 Å². The number of fused-ring (bicyclic) bond motifs is 1. The molecule has 0 saturated carbocycles. The fourth-order valence-electron chi connectivity index (χ4n) is 3.65. The molecule has 0 aromatic heterocycles. The minimum absolute atomic E-state index is 0.0259. The number of carbonyl (C=O) groups is 1. The molecule has 0 spiro atoms. The van der Waals surface area contributed by atoms with Crippen LogP contribution in [0.5, 0.6) is 11.5 Å². The van der Waals surface area contributed by atoms with Crippen LogP contribution in [0.15, 0.2) is 77.7 Å². The van der Waals surface area contributed by atoms with Crippen LogP contribution in [-0.2, 0) is 16.6 Å². The highest BCUT2D eigenvalue weighted by Crippen LogP contribution is 2.30. The van der Waals surface area contributed by atoms with Crippen LogP contribution in [-0.4, -0.2) is 40.0 Å². The molecule has 7 nitrogen and oxygen atoms in total. The summed E-state index contributed by atoms with van der Waals surface area (Å²) in [6, 6.07) is 18.9. The molecule has 1 aliphatic heterocycles. The quantitative estimate of drug-likeness (QED) is 0.541. The van der Waals surface area contributed by atoms with Crippen molar-refractivity contribution in [2.45, 2.75) is 11.4 Å². The van der Waals surface area contributed by atoms with E-state index in [1.54, 1.807) is 47.4 Å². The van der Waals surface area contributed by atoms with Crippen LogP contribution in [0.25, 0.3) is 6.08 Å². The lowest BCUT2D eigenvalue weighted by Gasteiger charge is -2.12. The van der Waals surface area contributed by atoms with E-state index in [-0.39, 0.29) is 10.8 Å². The second-order valence-corrected chi connectivity index (χ2v) is 9.17. The number of nitrogens with zero attached hydrogens (tertiary/aromatic N) is 1. The second-order valence-electron chi connectivity index (χ2n) is 7.49. The minimum atomic E-state index is -3.77. The SMILES string of the molecule is COc1ccc(NS(=O)(=O)c2ccc(C=CCN3Cc4ccccc4C3=O)cc2)cc1OC. The second kappa shape index (κ2) is 9.38. The molecule has 1 N–H and O–H groups in total. The number of hydrogen-bond acceptors (Lipinski definition) is 5. The minimum Gasteiger partial charge on any atom is -0.493 e. The number of sulfonamides is 1. The summed E-state index contributed by atoms with van der Waals surface area (Å²) in [4.78, 5) is 14.3. The van der Waals surface area contributed by atoms with E-state index in [0.29, 0.717) is 30.3 Å². The van der Waals surface area contributed by atoms with Crippen molar-refractivity contribution in [3.8, 4) is 11.5 Å². The fraction of sp³-hybridized carbons (Fsp3) is 0.160. The lowest BCUT2D eigenvalue weighted by Crippen LogP contribution is -2.23. The number of rotatable bonds is 8. The highest BCUT2D eigenvalue weighted by molar-refractivity contribution is 7.92. The molecule has 1 heterocycles. The Labute approximate surface area is 193 Å². The third-order valence-electron chi connectivity index (χ3n) is 5.36. The number of benzene rings is 3. The first-order valence-corrected chi connectivity index (χ1v) is 11.8. The van der Waals surface area contributed by atoms with Crippen molar-refractivity contribution < 1.29 is 22.7 Å². The number of hydrogen-bond donors (Lipinski definition) is 1. The molecule has 0 saturated heterocycles. The zero-order valence-electron chi connectivity index (χ0n) is 18.3. The van der Waals surface area contributed by atoms with E-state index in [2.05, 4.69) is 4.72 Å². The summed E-state index contributed by atoms with van der Waals surface area (Å²) < 4.78 is 38.5.